The third kappa shape index (κ3) is 25.3. The number of esters is 4. The molecule has 0 radical (unpaired) electrons. The van der Waals surface area contributed by atoms with Gasteiger partial charge in [0.1, 0.15) is 30.5 Å². The second-order valence-electron chi connectivity index (χ2n) is 14.7. The Balaban J connectivity index is 1.59. The van der Waals surface area contributed by atoms with E-state index in [-0.39, 0.29) is 43.8 Å². The Labute approximate surface area is 351 Å². The van der Waals surface area contributed by atoms with Crippen LogP contribution in [0.15, 0.2) is 48.5 Å². The summed E-state index contributed by atoms with van der Waals surface area (Å²) in [6.45, 7) is 5.35. The molecule has 2 N–H and O–H groups in total. The summed E-state index contributed by atoms with van der Waals surface area (Å²) in [4.78, 5) is 73.6. The normalized spacial score (nSPS) is 11.3. The number of ether oxygens (including phenoxy) is 5. The first kappa shape index (κ1) is 50.4. The molecule has 2 aromatic rings. The lowest BCUT2D eigenvalue weighted by Gasteiger charge is -2.17. The Bertz CT molecular complexity index is 1510. The maximum Gasteiger partial charge on any atom is 0.407 e. The molecule has 0 saturated carbocycles. The van der Waals surface area contributed by atoms with Gasteiger partial charge in [-0.15, -0.1) is 0 Å². The van der Waals surface area contributed by atoms with Gasteiger partial charge in [0.2, 0.25) is 0 Å². The van der Waals surface area contributed by atoms with E-state index in [9.17, 15) is 28.8 Å². The van der Waals surface area contributed by atoms with E-state index in [2.05, 4.69) is 17.6 Å². The number of Topliss-reactive ketones (excluding diaryl/α,β-unsaturated/α-hetero) is 1. The molecule has 0 spiro atoms. The van der Waals surface area contributed by atoms with Gasteiger partial charge in [0.05, 0.1) is 12.5 Å². The Morgan fingerprint density at radius 2 is 1.15 bits per heavy atom. The number of carbonyl (C=O) groups excluding carboxylic acids is 6. The molecule has 0 aliphatic rings. The lowest BCUT2D eigenvalue weighted by atomic mass is 9.92. The van der Waals surface area contributed by atoms with Crippen LogP contribution in [0.1, 0.15) is 146 Å². The van der Waals surface area contributed by atoms with Crippen molar-refractivity contribution < 1.29 is 52.5 Å². The lowest BCUT2D eigenvalue weighted by Crippen LogP contribution is -2.26. The van der Waals surface area contributed by atoms with Gasteiger partial charge >= 0.3 is 30.0 Å². The van der Waals surface area contributed by atoms with Crippen LogP contribution in [0.5, 0.6) is 11.5 Å². The molecule has 13 heteroatoms. The zero-order valence-corrected chi connectivity index (χ0v) is 35.7. The van der Waals surface area contributed by atoms with Crippen LogP contribution >= 0.6 is 0 Å². The molecule has 0 saturated heterocycles. The number of rotatable bonds is 33. The molecule has 2 rings (SSSR count). The second kappa shape index (κ2) is 32.1. The molecule has 0 aromatic heterocycles. The molecule has 2 aromatic carbocycles. The summed E-state index contributed by atoms with van der Waals surface area (Å²) in [5.41, 5.74) is 1.52. The summed E-state index contributed by atoms with van der Waals surface area (Å²) in [5.74, 6) is -1.57. The van der Waals surface area contributed by atoms with Crippen molar-refractivity contribution in [3.8, 4) is 11.5 Å². The highest BCUT2D eigenvalue weighted by molar-refractivity contribution is 5.88. The monoisotopic (exact) mass is 824 g/mol. The topological polar surface area (TPSA) is 173 Å². The number of alkyl carbamates (subject to hydrolysis) is 1. The highest BCUT2D eigenvalue weighted by atomic mass is 16.6. The largest absolute Gasteiger partial charge is 0.465 e. The molecule has 0 aliphatic carbocycles. The summed E-state index contributed by atoms with van der Waals surface area (Å²) >= 11 is 0. The third-order valence-corrected chi connectivity index (χ3v) is 9.56. The number of ketones is 1. The van der Waals surface area contributed by atoms with Crippen molar-refractivity contribution in [2.75, 3.05) is 40.0 Å². The molecule has 59 heavy (non-hydrogen) atoms. The van der Waals surface area contributed by atoms with Crippen LogP contribution < -0.4 is 20.1 Å². The first-order chi connectivity index (χ1) is 28.6. The molecule has 13 nitrogen and oxygen atoms in total. The van der Waals surface area contributed by atoms with Gasteiger partial charge in [-0.25, -0.2) is 4.79 Å². The van der Waals surface area contributed by atoms with Crippen molar-refractivity contribution in [2.24, 2.45) is 0 Å². The van der Waals surface area contributed by atoms with Gasteiger partial charge in [-0.05, 0) is 87.5 Å². The van der Waals surface area contributed by atoms with Gasteiger partial charge in [-0.3, -0.25) is 24.0 Å². The summed E-state index contributed by atoms with van der Waals surface area (Å²) < 4.78 is 26.3. The van der Waals surface area contributed by atoms with Gasteiger partial charge in [0, 0.05) is 39.2 Å². The smallest absolute Gasteiger partial charge is 0.407 e. The lowest BCUT2D eigenvalue weighted by molar-refractivity contribution is -0.147. The van der Waals surface area contributed by atoms with Gasteiger partial charge in [-0.2, -0.15) is 0 Å². The number of carbonyl (C=O) groups is 6. The van der Waals surface area contributed by atoms with Crippen molar-refractivity contribution >= 4 is 35.8 Å². The van der Waals surface area contributed by atoms with Crippen molar-refractivity contribution in [2.45, 2.75) is 142 Å². The van der Waals surface area contributed by atoms with Crippen LogP contribution in [0.25, 0.3) is 0 Å². The Morgan fingerprint density at radius 1 is 0.576 bits per heavy atom. The fourth-order valence-corrected chi connectivity index (χ4v) is 6.22. The van der Waals surface area contributed by atoms with Gasteiger partial charge in [0.25, 0.3) is 0 Å². The van der Waals surface area contributed by atoms with E-state index >= 15 is 0 Å². The van der Waals surface area contributed by atoms with Gasteiger partial charge < -0.3 is 34.3 Å². The van der Waals surface area contributed by atoms with E-state index in [4.69, 9.17) is 23.7 Å². The van der Waals surface area contributed by atoms with Crippen LogP contribution in [0.2, 0.25) is 0 Å². The number of hydrogen-bond donors (Lipinski definition) is 2. The van der Waals surface area contributed by atoms with Crippen molar-refractivity contribution in [1.82, 2.24) is 10.6 Å². The highest BCUT2D eigenvalue weighted by Gasteiger charge is 2.25. The van der Waals surface area contributed by atoms with Crippen LogP contribution in [-0.2, 0) is 44.6 Å². The van der Waals surface area contributed by atoms with Crippen LogP contribution in [0.4, 0.5) is 4.79 Å². The summed E-state index contributed by atoms with van der Waals surface area (Å²) in [5, 5.41) is 5.81. The number of amides is 1. The molecule has 0 heterocycles. The van der Waals surface area contributed by atoms with Gasteiger partial charge in [-0.1, -0.05) is 89.0 Å². The van der Waals surface area contributed by atoms with E-state index in [1.54, 1.807) is 36.4 Å². The van der Waals surface area contributed by atoms with E-state index in [0.29, 0.717) is 62.3 Å². The second-order valence-corrected chi connectivity index (χ2v) is 14.7. The fourth-order valence-electron chi connectivity index (χ4n) is 6.22. The van der Waals surface area contributed by atoms with Crippen LogP contribution in [0.3, 0.4) is 0 Å². The molecule has 0 bridgehead atoms. The molecular formula is C46H68N2O11. The quantitative estimate of drug-likeness (QED) is 0.0305. The minimum Gasteiger partial charge on any atom is -0.465 e. The third-order valence-electron chi connectivity index (χ3n) is 9.56. The van der Waals surface area contributed by atoms with Crippen molar-refractivity contribution in [1.29, 1.82) is 0 Å². The average Bonchev–Trinajstić information content (AvgIpc) is 3.22. The zero-order valence-electron chi connectivity index (χ0n) is 35.7. The number of hydrogen-bond acceptors (Lipinski definition) is 12. The average molecular weight is 825 g/mol. The van der Waals surface area contributed by atoms with Crippen molar-refractivity contribution in [3.63, 3.8) is 0 Å². The Kier molecular flexibility index (Phi) is 27.4. The highest BCUT2D eigenvalue weighted by Crippen LogP contribution is 2.26. The van der Waals surface area contributed by atoms with E-state index in [0.717, 1.165) is 89.2 Å². The first-order valence-electron chi connectivity index (χ1n) is 21.6. The van der Waals surface area contributed by atoms with E-state index in [1.807, 2.05) is 19.2 Å². The van der Waals surface area contributed by atoms with Crippen LogP contribution in [0, 0.1) is 0 Å². The predicted octanol–water partition coefficient (Wildman–Crippen LogP) is 8.49. The zero-order chi connectivity index (χ0) is 42.9. The molecule has 0 fully saturated rings. The number of aryl methyl sites for hydroxylation is 1. The predicted molar refractivity (Wildman–Crippen MR) is 225 cm³/mol. The van der Waals surface area contributed by atoms with Crippen molar-refractivity contribution in [3.05, 3.63) is 59.7 Å². The van der Waals surface area contributed by atoms with E-state index in [1.165, 1.54) is 6.92 Å². The summed E-state index contributed by atoms with van der Waals surface area (Å²) in [7, 11) is 1.93. The number of unbranched alkanes of at least 4 members (excludes halogenated alkanes) is 11. The minimum atomic E-state index is -0.768. The molecule has 1 atom stereocenters. The SMILES string of the molecule is CCCCCCOC(=O)C(CC(=O)CCc1ccc(OC(=O)CCCCCCCCC(=O)OCCOC(=O)NCCCCCCNC)cc1)c1ccc(OC(C)=O)cc1. The van der Waals surface area contributed by atoms with E-state index < -0.39 is 23.9 Å². The Morgan fingerprint density at radius 3 is 1.81 bits per heavy atom. The molecule has 0 aliphatic heterocycles. The maximum atomic E-state index is 13.1. The first-order valence-corrected chi connectivity index (χ1v) is 21.6. The molecular weight excluding hydrogens is 757 g/mol. The molecule has 1 amide bonds. The maximum absolute atomic E-state index is 13.1. The standard InChI is InChI=1S/C46H68N2O11/c1-4-5-6-17-32-56-45(53)42(38-23-28-40(29-24-38)58-36(2)49)35-39(50)25-20-37-21-26-41(27-22-37)59-44(52)19-14-10-8-7-9-13-18-43(51)55-33-34-57-46(54)48-31-16-12-11-15-30-47-3/h21-24,26-29,42,47H,4-20,25,30-35H2,1-3H3,(H,48,54). The summed E-state index contributed by atoms with van der Waals surface area (Å²) in [6, 6.07) is 13.6. The summed E-state index contributed by atoms with van der Waals surface area (Å²) in [6.07, 6.45) is 13.9. The minimum absolute atomic E-state index is 0.0109. The van der Waals surface area contributed by atoms with Crippen LogP contribution in [-0.4, -0.2) is 75.7 Å². The Hall–Kier alpha value is -4.78. The number of benzene rings is 2. The number of nitrogens with one attached hydrogen (secondary N) is 2. The molecule has 328 valence electrons. The van der Waals surface area contributed by atoms with Gasteiger partial charge in [0.15, 0.2) is 0 Å². The molecule has 1 unspecified atom stereocenters. The fraction of sp³-hybridized carbons (Fsp3) is 0.609.